The van der Waals surface area contributed by atoms with E-state index in [9.17, 15) is 30.6 Å². The van der Waals surface area contributed by atoms with E-state index in [2.05, 4.69) is 0 Å². The summed E-state index contributed by atoms with van der Waals surface area (Å²) in [5.41, 5.74) is 2.11. The Kier molecular flexibility index (Phi) is 8.20. The molecule has 0 unspecified atom stereocenters. The number of phenolic OH excluding ortho intramolecular Hbond substituents is 1. The van der Waals surface area contributed by atoms with Gasteiger partial charge in [0.15, 0.2) is 23.0 Å². The zero-order chi connectivity index (χ0) is 26.0. The molecule has 11 heteroatoms. The second-order valence-electron chi connectivity index (χ2n) is 8.91. The van der Waals surface area contributed by atoms with Gasteiger partial charge >= 0.3 is 0 Å². The number of ether oxygens (including phenoxy) is 4. The van der Waals surface area contributed by atoms with Crippen molar-refractivity contribution in [2.45, 2.75) is 55.6 Å². The molecule has 2 heterocycles. The van der Waals surface area contributed by atoms with Crippen molar-refractivity contribution in [1.82, 2.24) is 0 Å². The number of aromatic hydroxyl groups is 1. The highest BCUT2D eigenvalue weighted by Gasteiger charge is 2.45. The molecule has 2 aliphatic rings. The maximum Gasteiger partial charge on any atom is 0.229 e. The second kappa shape index (κ2) is 11.2. The number of hydrogen-bond donors (Lipinski definition) is 7. The minimum absolute atomic E-state index is 0.0255. The normalized spacial score (nSPS) is 29.5. The molecule has 0 bridgehead atoms. The topological polar surface area (TPSA) is 179 Å². The molecular formula is C25H32O11. The summed E-state index contributed by atoms with van der Waals surface area (Å²) in [6.07, 6.45) is -6.71. The van der Waals surface area contributed by atoms with Crippen LogP contribution in [0.1, 0.15) is 35.1 Å². The van der Waals surface area contributed by atoms with E-state index in [0.717, 1.165) is 5.56 Å². The molecule has 2 aromatic carbocycles. The van der Waals surface area contributed by atoms with Crippen LogP contribution in [0.15, 0.2) is 30.3 Å². The Labute approximate surface area is 207 Å². The first kappa shape index (κ1) is 26.4. The lowest BCUT2D eigenvalue weighted by molar-refractivity contribution is -0.277. The number of aliphatic hydroxyl groups is 6. The van der Waals surface area contributed by atoms with E-state index in [0.29, 0.717) is 24.0 Å². The Hall–Kier alpha value is -2.64. The summed E-state index contributed by atoms with van der Waals surface area (Å²) in [5, 5.41) is 69.4. The average molecular weight is 509 g/mol. The molecule has 1 fully saturated rings. The summed E-state index contributed by atoms with van der Waals surface area (Å²) in [6, 6.07) is 8.29. The van der Waals surface area contributed by atoms with Crippen LogP contribution < -0.4 is 14.2 Å². The van der Waals surface area contributed by atoms with Crippen molar-refractivity contribution in [1.29, 1.82) is 0 Å². The third-order valence-corrected chi connectivity index (χ3v) is 6.60. The Morgan fingerprint density at radius 3 is 2.36 bits per heavy atom. The van der Waals surface area contributed by atoms with E-state index in [1.807, 2.05) is 6.07 Å². The lowest BCUT2D eigenvalue weighted by Gasteiger charge is -2.39. The minimum atomic E-state index is -1.59. The van der Waals surface area contributed by atoms with Crippen LogP contribution in [0.25, 0.3) is 0 Å². The summed E-state index contributed by atoms with van der Waals surface area (Å²) in [7, 11) is 1.41. The smallest absolute Gasteiger partial charge is 0.229 e. The largest absolute Gasteiger partial charge is 0.504 e. The van der Waals surface area contributed by atoms with Crippen molar-refractivity contribution in [2.75, 3.05) is 26.9 Å². The third kappa shape index (κ3) is 4.96. The molecule has 4 rings (SSSR count). The third-order valence-electron chi connectivity index (χ3n) is 6.60. The van der Waals surface area contributed by atoms with Crippen LogP contribution in [0, 0.1) is 0 Å². The van der Waals surface area contributed by atoms with Crippen LogP contribution in [-0.4, -0.2) is 93.4 Å². The molecule has 0 saturated carbocycles. The Bertz CT molecular complexity index is 1040. The molecule has 0 amide bonds. The molecule has 36 heavy (non-hydrogen) atoms. The summed E-state index contributed by atoms with van der Waals surface area (Å²) in [6.45, 7) is -0.804. The number of phenols is 1. The van der Waals surface area contributed by atoms with Crippen molar-refractivity contribution < 1.29 is 54.7 Å². The quantitative estimate of drug-likeness (QED) is 0.237. The molecule has 7 atom stereocenters. The SMILES string of the molecule is COc1cc([C@H]2Oc3c(O)cc(CCCO)cc3[C@H]2CO)ccc1O[C@H]1O[C@H](CO)[C@@H](O)[C@H](O)[C@H]1O. The van der Waals surface area contributed by atoms with Gasteiger partial charge in [-0.3, -0.25) is 0 Å². The standard InChI is InChI=1S/C25H32O11/c1-33-18-9-13(4-5-17(18)34-25-22(32)21(31)20(30)19(11-28)35-25)23-15(10-27)14-7-12(3-2-6-26)8-16(29)24(14)36-23/h4-5,7-9,15,19-23,25-32H,2-3,6,10-11H2,1H3/t15-,19-,20-,21+,22-,23-,25+/m1/s1. The van der Waals surface area contributed by atoms with Crippen molar-refractivity contribution in [3.8, 4) is 23.0 Å². The van der Waals surface area contributed by atoms with Crippen LogP contribution in [0.2, 0.25) is 0 Å². The van der Waals surface area contributed by atoms with Gasteiger partial charge in [-0.05, 0) is 42.2 Å². The molecular weight excluding hydrogens is 476 g/mol. The number of hydrogen-bond acceptors (Lipinski definition) is 11. The fraction of sp³-hybridized carbons (Fsp3) is 0.520. The predicted molar refractivity (Wildman–Crippen MR) is 124 cm³/mol. The number of aryl methyl sites for hydroxylation is 1. The average Bonchev–Trinajstić information content (AvgIpc) is 3.27. The van der Waals surface area contributed by atoms with Gasteiger partial charge in [-0.2, -0.15) is 0 Å². The van der Waals surface area contributed by atoms with Gasteiger partial charge in [0.1, 0.15) is 30.5 Å². The van der Waals surface area contributed by atoms with Crippen LogP contribution in [0.5, 0.6) is 23.0 Å². The van der Waals surface area contributed by atoms with Gasteiger partial charge in [-0.15, -0.1) is 0 Å². The van der Waals surface area contributed by atoms with Gasteiger partial charge in [-0.25, -0.2) is 0 Å². The number of fused-ring (bicyclic) bond motifs is 1. The first-order chi connectivity index (χ1) is 17.3. The van der Waals surface area contributed by atoms with Crippen molar-refractivity contribution >= 4 is 0 Å². The highest BCUT2D eigenvalue weighted by atomic mass is 16.7. The van der Waals surface area contributed by atoms with Crippen molar-refractivity contribution in [2.24, 2.45) is 0 Å². The number of rotatable bonds is 9. The fourth-order valence-corrected chi connectivity index (χ4v) is 4.64. The molecule has 2 aromatic rings. The van der Waals surface area contributed by atoms with Crippen LogP contribution in [-0.2, 0) is 11.2 Å². The zero-order valence-corrected chi connectivity index (χ0v) is 19.7. The lowest BCUT2D eigenvalue weighted by Crippen LogP contribution is -2.60. The molecule has 0 aromatic heterocycles. The molecule has 1 saturated heterocycles. The Morgan fingerprint density at radius 1 is 0.917 bits per heavy atom. The van der Waals surface area contributed by atoms with Crippen LogP contribution in [0.3, 0.4) is 0 Å². The monoisotopic (exact) mass is 508 g/mol. The molecule has 0 radical (unpaired) electrons. The van der Waals surface area contributed by atoms with Gasteiger partial charge in [0.2, 0.25) is 6.29 Å². The van der Waals surface area contributed by atoms with E-state index >= 15 is 0 Å². The number of benzene rings is 2. The highest BCUT2D eigenvalue weighted by Crippen LogP contribution is 2.51. The Balaban J connectivity index is 1.58. The molecule has 11 nitrogen and oxygen atoms in total. The lowest BCUT2D eigenvalue weighted by atomic mass is 9.90. The molecule has 198 valence electrons. The molecule has 0 aliphatic carbocycles. The summed E-state index contributed by atoms with van der Waals surface area (Å²) in [4.78, 5) is 0. The first-order valence-electron chi connectivity index (χ1n) is 11.7. The van der Waals surface area contributed by atoms with E-state index in [4.69, 9.17) is 24.1 Å². The second-order valence-corrected chi connectivity index (χ2v) is 8.91. The van der Waals surface area contributed by atoms with E-state index in [-0.39, 0.29) is 36.2 Å². The minimum Gasteiger partial charge on any atom is -0.504 e. The summed E-state index contributed by atoms with van der Waals surface area (Å²) < 4.78 is 22.6. The van der Waals surface area contributed by atoms with Gasteiger partial charge in [-0.1, -0.05) is 12.1 Å². The van der Waals surface area contributed by atoms with Crippen LogP contribution >= 0.6 is 0 Å². The van der Waals surface area contributed by atoms with Gasteiger partial charge in [0.25, 0.3) is 0 Å². The van der Waals surface area contributed by atoms with E-state index in [1.165, 1.54) is 7.11 Å². The summed E-state index contributed by atoms with van der Waals surface area (Å²) in [5.74, 6) is 0.176. The molecule has 7 N–H and O–H groups in total. The summed E-state index contributed by atoms with van der Waals surface area (Å²) >= 11 is 0. The Morgan fingerprint density at radius 2 is 1.69 bits per heavy atom. The van der Waals surface area contributed by atoms with E-state index in [1.54, 1.807) is 24.3 Å². The fourth-order valence-electron chi connectivity index (χ4n) is 4.64. The van der Waals surface area contributed by atoms with Crippen LogP contribution in [0.4, 0.5) is 0 Å². The predicted octanol–water partition coefficient (Wildman–Crippen LogP) is -0.286. The van der Waals surface area contributed by atoms with Gasteiger partial charge in [0.05, 0.1) is 26.2 Å². The van der Waals surface area contributed by atoms with Gasteiger partial charge < -0.3 is 54.7 Å². The maximum absolute atomic E-state index is 10.5. The van der Waals surface area contributed by atoms with Gasteiger partial charge in [0, 0.05) is 12.2 Å². The van der Waals surface area contributed by atoms with Crippen molar-refractivity contribution in [3.63, 3.8) is 0 Å². The number of aliphatic hydroxyl groups excluding tert-OH is 6. The molecule has 0 spiro atoms. The number of methoxy groups -OCH3 is 1. The van der Waals surface area contributed by atoms with E-state index < -0.39 is 49.3 Å². The highest BCUT2D eigenvalue weighted by molar-refractivity contribution is 5.55. The van der Waals surface area contributed by atoms with Crippen molar-refractivity contribution in [3.05, 3.63) is 47.0 Å². The molecule has 2 aliphatic heterocycles. The first-order valence-corrected chi connectivity index (χ1v) is 11.7. The maximum atomic E-state index is 10.5. The zero-order valence-electron chi connectivity index (χ0n) is 19.7.